The third-order valence-electron chi connectivity index (χ3n) is 4.28. The van der Waals surface area contributed by atoms with Gasteiger partial charge in [-0.05, 0) is 18.2 Å². The molecule has 2 aromatic carbocycles. The van der Waals surface area contributed by atoms with Crippen LogP contribution in [0.4, 0.5) is 0 Å². The monoisotopic (exact) mass is 382 g/mol. The van der Waals surface area contributed by atoms with Crippen molar-refractivity contribution in [1.82, 2.24) is 9.80 Å². The quantitative estimate of drug-likeness (QED) is 0.753. The minimum atomic E-state index is 0. The number of halogens is 2. The molecular weight excluding hydrogens is 355 g/mol. The maximum atomic E-state index is 5.97. The topological polar surface area (TPSA) is 15.7 Å². The van der Waals surface area contributed by atoms with Crippen molar-refractivity contribution in [2.45, 2.75) is 19.2 Å². The molecule has 0 N–H and O–H groups in total. The van der Waals surface area contributed by atoms with Crippen molar-refractivity contribution in [1.29, 1.82) is 0 Å². The van der Waals surface area contributed by atoms with E-state index in [0.29, 0.717) is 6.10 Å². The molecule has 1 saturated heterocycles. The second-order valence-corrected chi connectivity index (χ2v) is 6.40. The van der Waals surface area contributed by atoms with E-state index in [2.05, 4.69) is 77.5 Å². The normalized spacial score (nSPS) is 17.6. The van der Waals surface area contributed by atoms with Gasteiger partial charge in [0.15, 0.2) is 0 Å². The Hall–Kier alpha value is -1.10. The van der Waals surface area contributed by atoms with Crippen molar-refractivity contribution < 1.29 is 4.74 Å². The lowest BCUT2D eigenvalue weighted by Gasteiger charge is -2.35. The van der Waals surface area contributed by atoms with Gasteiger partial charge in [-0.25, -0.2) is 0 Å². The van der Waals surface area contributed by atoms with Crippen molar-refractivity contribution in [3.63, 3.8) is 0 Å². The first kappa shape index (κ1) is 21.9. The molecule has 1 aliphatic rings. The van der Waals surface area contributed by atoms with Gasteiger partial charge in [-0.3, -0.25) is 9.80 Å². The molecule has 0 spiro atoms. The summed E-state index contributed by atoms with van der Waals surface area (Å²) in [6, 6.07) is 21.3. The summed E-state index contributed by atoms with van der Waals surface area (Å²) in [6.45, 7) is 5.82. The summed E-state index contributed by atoms with van der Waals surface area (Å²) in [4.78, 5) is 4.85. The Labute approximate surface area is 163 Å². The van der Waals surface area contributed by atoms with Gasteiger partial charge in [-0.2, -0.15) is 0 Å². The molecule has 2 aromatic rings. The Morgan fingerprint density at radius 3 is 2.20 bits per heavy atom. The Morgan fingerprint density at radius 1 is 0.960 bits per heavy atom. The van der Waals surface area contributed by atoms with E-state index in [4.69, 9.17) is 4.74 Å². The summed E-state index contributed by atoms with van der Waals surface area (Å²) in [5.41, 5.74) is 2.73. The smallest absolute Gasteiger partial charge is 0.0829 e. The molecule has 1 fully saturated rings. The van der Waals surface area contributed by atoms with Crippen LogP contribution in [0.3, 0.4) is 0 Å². The molecule has 25 heavy (non-hydrogen) atoms. The highest BCUT2D eigenvalue weighted by molar-refractivity contribution is 5.85. The molecule has 5 heteroatoms. The lowest BCUT2D eigenvalue weighted by atomic mass is 10.1. The zero-order valence-corrected chi connectivity index (χ0v) is 16.3. The molecule has 1 aliphatic heterocycles. The van der Waals surface area contributed by atoms with Crippen LogP contribution in [-0.4, -0.2) is 49.2 Å². The van der Waals surface area contributed by atoms with Crippen LogP contribution in [-0.2, 0) is 17.8 Å². The third kappa shape index (κ3) is 7.35. The van der Waals surface area contributed by atoms with Gasteiger partial charge >= 0.3 is 0 Å². The fourth-order valence-corrected chi connectivity index (χ4v) is 3.18. The first-order valence-electron chi connectivity index (χ1n) is 8.40. The predicted octanol–water partition coefficient (Wildman–Crippen LogP) is 3.86. The predicted molar refractivity (Wildman–Crippen MR) is 109 cm³/mol. The average molecular weight is 383 g/mol. The maximum Gasteiger partial charge on any atom is 0.0829 e. The van der Waals surface area contributed by atoms with E-state index < -0.39 is 0 Å². The molecule has 0 saturated carbocycles. The third-order valence-corrected chi connectivity index (χ3v) is 4.28. The second kappa shape index (κ2) is 11.5. The zero-order chi connectivity index (χ0) is 15.9. The summed E-state index contributed by atoms with van der Waals surface area (Å²) in [5, 5.41) is 0. The summed E-state index contributed by atoms with van der Waals surface area (Å²) < 4.78 is 5.97. The molecule has 3 rings (SSSR count). The minimum Gasteiger partial charge on any atom is -0.374 e. The van der Waals surface area contributed by atoms with Crippen LogP contribution in [0.2, 0.25) is 0 Å². The number of hydrogen-bond donors (Lipinski definition) is 0. The number of likely N-dealkylation sites (N-methyl/N-ethyl adjacent to an activating group) is 1. The molecule has 1 unspecified atom stereocenters. The van der Waals surface area contributed by atoms with Crippen LogP contribution in [0.25, 0.3) is 0 Å². The van der Waals surface area contributed by atoms with E-state index in [0.717, 1.165) is 39.3 Å². The maximum absolute atomic E-state index is 5.97. The number of ether oxygens (including phenoxy) is 1. The van der Waals surface area contributed by atoms with Crippen molar-refractivity contribution >= 4 is 24.8 Å². The highest BCUT2D eigenvalue weighted by Crippen LogP contribution is 2.12. The molecule has 3 nitrogen and oxygen atoms in total. The van der Waals surface area contributed by atoms with E-state index in [9.17, 15) is 0 Å². The molecule has 0 aliphatic carbocycles. The van der Waals surface area contributed by atoms with Crippen LogP contribution >= 0.6 is 24.8 Å². The Bertz CT molecular complexity index is 581. The van der Waals surface area contributed by atoms with Gasteiger partial charge in [0.05, 0.1) is 12.7 Å². The van der Waals surface area contributed by atoms with Crippen LogP contribution in [0.1, 0.15) is 11.1 Å². The molecule has 0 amide bonds. The standard InChI is InChI=1S/C20H26N2O.2ClH/c1-21(14-18-8-4-2-5-9-18)16-20-17-22(12-13-23-20)15-19-10-6-3-7-11-19;;/h2-11,20H,12-17H2,1H3;2*1H. The van der Waals surface area contributed by atoms with Crippen molar-refractivity contribution in [3.05, 3.63) is 71.8 Å². The summed E-state index contributed by atoms with van der Waals surface area (Å²) in [5.74, 6) is 0. The van der Waals surface area contributed by atoms with E-state index in [-0.39, 0.29) is 24.8 Å². The lowest BCUT2D eigenvalue weighted by molar-refractivity contribution is -0.0439. The van der Waals surface area contributed by atoms with Gasteiger partial charge in [-0.1, -0.05) is 60.7 Å². The van der Waals surface area contributed by atoms with Gasteiger partial charge in [0.2, 0.25) is 0 Å². The molecule has 0 radical (unpaired) electrons. The number of rotatable bonds is 6. The number of nitrogens with zero attached hydrogens (tertiary/aromatic N) is 2. The van der Waals surface area contributed by atoms with Crippen LogP contribution in [0.5, 0.6) is 0 Å². The second-order valence-electron chi connectivity index (χ2n) is 6.40. The fraction of sp³-hybridized carbons (Fsp3) is 0.400. The Balaban J connectivity index is 0.00000156. The van der Waals surface area contributed by atoms with Gasteiger partial charge in [0.25, 0.3) is 0 Å². The van der Waals surface area contributed by atoms with Crippen LogP contribution in [0.15, 0.2) is 60.7 Å². The zero-order valence-electron chi connectivity index (χ0n) is 14.7. The van der Waals surface area contributed by atoms with Gasteiger partial charge in [0, 0.05) is 32.7 Å². The van der Waals surface area contributed by atoms with Gasteiger partial charge in [0.1, 0.15) is 0 Å². The minimum absolute atomic E-state index is 0. The van der Waals surface area contributed by atoms with E-state index in [1.165, 1.54) is 11.1 Å². The largest absolute Gasteiger partial charge is 0.374 e. The number of morpholine rings is 1. The fourth-order valence-electron chi connectivity index (χ4n) is 3.18. The molecule has 0 aromatic heterocycles. The summed E-state index contributed by atoms with van der Waals surface area (Å²) in [6.07, 6.45) is 0.293. The highest BCUT2D eigenvalue weighted by Gasteiger charge is 2.21. The Morgan fingerprint density at radius 2 is 1.56 bits per heavy atom. The molecule has 1 atom stereocenters. The van der Waals surface area contributed by atoms with Crippen molar-refractivity contribution in [2.75, 3.05) is 33.3 Å². The van der Waals surface area contributed by atoms with Gasteiger partial charge < -0.3 is 4.74 Å². The van der Waals surface area contributed by atoms with E-state index in [1.807, 2.05) is 0 Å². The first-order chi connectivity index (χ1) is 11.3. The SMILES string of the molecule is CN(Cc1ccccc1)CC1CN(Cc2ccccc2)CCO1.Cl.Cl. The lowest BCUT2D eigenvalue weighted by Crippen LogP contribution is -2.46. The molecule has 138 valence electrons. The van der Waals surface area contributed by atoms with Crippen molar-refractivity contribution in [2.24, 2.45) is 0 Å². The van der Waals surface area contributed by atoms with Crippen LogP contribution < -0.4 is 0 Å². The molecular formula is C20H28Cl2N2O. The van der Waals surface area contributed by atoms with E-state index >= 15 is 0 Å². The van der Waals surface area contributed by atoms with Gasteiger partial charge in [-0.15, -0.1) is 24.8 Å². The van der Waals surface area contributed by atoms with Crippen LogP contribution in [0, 0.1) is 0 Å². The summed E-state index contributed by atoms with van der Waals surface area (Å²) >= 11 is 0. The number of benzene rings is 2. The Kier molecular flexibility index (Phi) is 10.1. The van der Waals surface area contributed by atoms with Crippen molar-refractivity contribution in [3.8, 4) is 0 Å². The number of hydrogen-bond acceptors (Lipinski definition) is 3. The summed E-state index contributed by atoms with van der Waals surface area (Å²) in [7, 11) is 2.17. The molecule has 0 bridgehead atoms. The highest BCUT2D eigenvalue weighted by atomic mass is 35.5. The molecule has 1 heterocycles. The van der Waals surface area contributed by atoms with E-state index in [1.54, 1.807) is 0 Å². The first-order valence-corrected chi connectivity index (χ1v) is 8.40. The average Bonchev–Trinajstić information content (AvgIpc) is 2.57.